The third kappa shape index (κ3) is 4.87. The van der Waals surface area contributed by atoms with Crippen LogP contribution in [0, 0.1) is 0 Å². The summed E-state index contributed by atoms with van der Waals surface area (Å²) in [6.07, 6.45) is 2.05. The van der Waals surface area contributed by atoms with E-state index in [9.17, 15) is 9.59 Å². The molecule has 8 heteroatoms. The Labute approximate surface area is 117 Å². The van der Waals surface area contributed by atoms with Gasteiger partial charge >= 0.3 is 12.0 Å². The maximum atomic E-state index is 12.1. The number of aryl methyl sites for hydroxylation is 1. The molecular formula is C12H21N5O3. The molecule has 1 heterocycles. The molecule has 0 radical (unpaired) electrons. The normalized spacial score (nSPS) is 10.6. The van der Waals surface area contributed by atoms with Gasteiger partial charge in [0.2, 0.25) is 0 Å². The molecule has 0 spiro atoms. The molecule has 0 saturated heterocycles. The molecule has 0 saturated carbocycles. The first-order chi connectivity index (χ1) is 9.41. The topological polar surface area (TPSA) is 100 Å². The molecule has 0 aliphatic rings. The minimum atomic E-state index is -0.854. The highest BCUT2D eigenvalue weighted by atomic mass is 16.4. The highest BCUT2D eigenvalue weighted by Gasteiger charge is 2.17. The first kappa shape index (κ1) is 15.9. The lowest BCUT2D eigenvalue weighted by atomic mass is 10.2. The van der Waals surface area contributed by atoms with Crippen molar-refractivity contribution in [3.63, 3.8) is 0 Å². The van der Waals surface area contributed by atoms with Crippen molar-refractivity contribution < 1.29 is 14.7 Å². The molecular weight excluding hydrogens is 262 g/mol. The SMILES string of the molecule is CC(C)N(CCCC(=O)O)C(=O)NCc1nncn1C. The summed E-state index contributed by atoms with van der Waals surface area (Å²) < 4.78 is 1.73. The van der Waals surface area contributed by atoms with Crippen molar-refractivity contribution in [3.8, 4) is 0 Å². The fourth-order valence-electron chi connectivity index (χ4n) is 1.72. The van der Waals surface area contributed by atoms with Crippen LogP contribution in [0.3, 0.4) is 0 Å². The second kappa shape index (κ2) is 7.46. The van der Waals surface area contributed by atoms with Crippen LogP contribution < -0.4 is 5.32 Å². The van der Waals surface area contributed by atoms with E-state index in [1.54, 1.807) is 22.8 Å². The minimum absolute atomic E-state index is 0.00305. The third-order valence-electron chi connectivity index (χ3n) is 2.88. The number of carbonyl (C=O) groups is 2. The van der Waals surface area contributed by atoms with E-state index in [-0.39, 0.29) is 25.0 Å². The minimum Gasteiger partial charge on any atom is -0.481 e. The lowest BCUT2D eigenvalue weighted by Gasteiger charge is -2.26. The number of hydrogen-bond acceptors (Lipinski definition) is 4. The number of amides is 2. The average molecular weight is 283 g/mol. The molecule has 0 fully saturated rings. The molecule has 8 nitrogen and oxygen atoms in total. The lowest BCUT2D eigenvalue weighted by Crippen LogP contribution is -2.44. The summed E-state index contributed by atoms with van der Waals surface area (Å²) in [5.74, 6) is -0.194. The summed E-state index contributed by atoms with van der Waals surface area (Å²) >= 11 is 0. The molecule has 112 valence electrons. The van der Waals surface area contributed by atoms with Gasteiger partial charge in [-0.2, -0.15) is 0 Å². The van der Waals surface area contributed by atoms with Crippen molar-refractivity contribution in [2.24, 2.45) is 7.05 Å². The van der Waals surface area contributed by atoms with E-state index in [0.29, 0.717) is 18.8 Å². The second-order valence-corrected chi connectivity index (χ2v) is 4.80. The fourth-order valence-corrected chi connectivity index (χ4v) is 1.72. The zero-order chi connectivity index (χ0) is 15.1. The lowest BCUT2D eigenvalue weighted by molar-refractivity contribution is -0.137. The predicted octanol–water partition coefficient (Wildman–Crippen LogP) is 0.600. The van der Waals surface area contributed by atoms with Gasteiger partial charge in [-0.1, -0.05) is 0 Å². The molecule has 0 aliphatic heterocycles. The Morgan fingerprint density at radius 1 is 1.50 bits per heavy atom. The first-order valence-electron chi connectivity index (χ1n) is 6.51. The monoisotopic (exact) mass is 283 g/mol. The largest absolute Gasteiger partial charge is 0.481 e. The van der Waals surface area contributed by atoms with Gasteiger partial charge in [-0.25, -0.2) is 4.79 Å². The Bertz CT molecular complexity index is 458. The molecule has 0 aliphatic carbocycles. The maximum Gasteiger partial charge on any atom is 0.318 e. The van der Waals surface area contributed by atoms with E-state index in [1.165, 1.54) is 0 Å². The smallest absolute Gasteiger partial charge is 0.318 e. The Hall–Kier alpha value is -2.12. The van der Waals surface area contributed by atoms with Gasteiger partial charge in [0.15, 0.2) is 5.82 Å². The highest BCUT2D eigenvalue weighted by Crippen LogP contribution is 2.03. The van der Waals surface area contributed by atoms with Gasteiger partial charge in [-0.05, 0) is 20.3 Å². The molecule has 0 atom stereocenters. The Kier molecular flexibility index (Phi) is 5.95. The highest BCUT2D eigenvalue weighted by molar-refractivity contribution is 5.74. The van der Waals surface area contributed by atoms with Gasteiger partial charge in [-0.3, -0.25) is 4.79 Å². The third-order valence-corrected chi connectivity index (χ3v) is 2.88. The number of hydrogen-bond donors (Lipinski definition) is 2. The van der Waals surface area contributed by atoms with Gasteiger partial charge in [0, 0.05) is 26.1 Å². The van der Waals surface area contributed by atoms with Crippen LogP contribution in [0.15, 0.2) is 6.33 Å². The summed E-state index contributed by atoms with van der Waals surface area (Å²) in [4.78, 5) is 24.2. The molecule has 2 N–H and O–H groups in total. The van der Waals surface area contributed by atoms with Gasteiger partial charge in [0.25, 0.3) is 0 Å². The van der Waals surface area contributed by atoms with Crippen molar-refractivity contribution in [1.82, 2.24) is 25.0 Å². The van der Waals surface area contributed by atoms with Crippen LogP contribution in [-0.2, 0) is 18.4 Å². The average Bonchev–Trinajstić information content (AvgIpc) is 2.76. The summed E-state index contributed by atoms with van der Waals surface area (Å²) in [5, 5.41) is 19.0. The number of rotatable bonds is 7. The van der Waals surface area contributed by atoms with E-state index in [4.69, 9.17) is 5.11 Å². The molecule has 0 unspecified atom stereocenters. The van der Waals surface area contributed by atoms with Crippen LogP contribution in [-0.4, -0.2) is 49.4 Å². The number of urea groups is 1. The van der Waals surface area contributed by atoms with Crippen LogP contribution in [0.5, 0.6) is 0 Å². The van der Waals surface area contributed by atoms with E-state index in [1.807, 2.05) is 13.8 Å². The molecule has 1 aromatic heterocycles. The summed E-state index contributed by atoms with van der Waals surface area (Å²) in [7, 11) is 1.80. The number of nitrogens with one attached hydrogen (secondary N) is 1. The van der Waals surface area contributed by atoms with Crippen molar-refractivity contribution >= 4 is 12.0 Å². The Morgan fingerprint density at radius 3 is 2.70 bits per heavy atom. The Morgan fingerprint density at radius 2 is 2.20 bits per heavy atom. The second-order valence-electron chi connectivity index (χ2n) is 4.80. The molecule has 1 aromatic rings. The van der Waals surface area contributed by atoms with Gasteiger partial charge in [0.05, 0.1) is 6.54 Å². The number of aliphatic carboxylic acids is 1. The van der Waals surface area contributed by atoms with Gasteiger partial charge in [-0.15, -0.1) is 10.2 Å². The van der Waals surface area contributed by atoms with Crippen LogP contribution in [0.2, 0.25) is 0 Å². The van der Waals surface area contributed by atoms with Crippen molar-refractivity contribution in [2.75, 3.05) is 6.54 Å². The summed E-state index contributed by atoms with van der Waals surface area (Å²) in [6, 6.07) is -0.225. The summed E-state index contributed by atoms with van der Waals surface area (Å²) in [5.41, 5.74) is 0. The van der Waals surface area contributed by atoms with Gasteiger partial charge in [0.1, 0.15) is 6.33 Å². The molecule has 0 bridgehead atoms. The summed E-state index contributed by atoms with van der Waals surface area (Å²) in [6.45, 7) is 4.48. The van der Waals surface area contributed by atoms with Crippen LogP contribution in [0.1, 0.15) is 32.5 Å². The standard InChI is InChI=1S/C12H21N5O3/c1-9(2)17(6-4-5-11(18)19)12(20)13-7-10-15-14-8-16(10)3/h8-9H,4-7H2,1-3H3,(H,13,20)(H,18,19). The van der Waals surface area contributed by atoms with Gasteiger partial charge < -0.3 is 19.9 Å². The van der Waals surface area contributed by atoms with E-state index in [0.717, 1.165) is 0 Å². The first-order valence-corrected chi connectivity index (χ1v) is 6.51. The van der Waals surface area contributed by atoms with Crippen LogP contribution in [0.4, 0.5) is 4.79 Å². The van der Waals surface area contributed by atoms with E-state index >= 15 is 0 Å². The predicted molar refractivity (Wildman–Crippen MR) is 72.0 cm³/mol. The fraction of sp³-hybridized carbons (Fsp3) is 0.667. The number of carbonyl (C=O) groups excluding carboxylic acids is 1. The number of nitrogens with zero attached hydrogens (tertiary/aromatic N) is 4. The Balaban J connectivity index is 2.47. The van der Waals surface area contributed by atoms with Crippen molar-refractivity contribution in [1.29, 1.82) is 0 Å². The van der Waals surface area contributed by atoms with E-state index < -0.39 is 5.97 Å². The molecule has 20 heavy (non-hydrogen) atoms. The molecule has 2 amide bonds. The zero-order valence-electron chi connectivity index (χ0n) is 12.0. The maximum absolute atomic E-state index is 12.1. The quantitative estimate of drug-likeness (QED) is 0.763. The van der Waals surface area contributed by atoms with Crippen molar-refractivity contribution in [2.45, 2.75) is 39.3 Å². The van der Waals surface area contributed by atoms with Crippen LogP contribution >= 0.6 is 0 Å². The van der Waals surface area contributed by atoms with Crippen molar-refractivity contribution in [3.05, 3.63) is 12.2 Å². The molecule has 1 rings (SSSR count). The zero-order valence-corrected chi connectivity index (χ0v) is 12.0. The number of aromatic nitrogens is 3. The molecule has 0 aromatic carbocycles. The van der Waals surface area contributed by atoms with E-state index in [2.05, 4.69) is 15.5 Å². The number of carboxylic acid groups (broad SMARTS) is 1. The van der Waals surface area contributed by atoms with Crippen LogP contribution in [0.25, 0.3) is 0 Å². The number of carboxylic acids is 1.